The SMILES string of the molecule is CC1(C)[C@H]2CC[C@@]1(C)[C@@H](NC(=O)N1CCC[C@@H]1c1ccncc1)C2. The molecule has 0 unspecified atom stereocenters. The zero-order chi connectivity index (χ0) is 16.9. The number of nitrogens with one attached hydrogen (secondary N) is 1. The van der Waals surface area contributed by atoms with Crippen LogP contribution >= 0.6 is 0 Å². The van der Waals surface area contributed by atoms with E-state index in [1.165, 1.54) is 18.4 Å². The zero-order valence-electron chi connectivity index (χ0n) is 15.1. The Morgan fingerprint density at radius 3 is 2.62 bits per heavy atom. The van der Waals surface area contributed by atoms with Crippen molar-refractivity contribution in [3.05, 3.63) is 30.1 Å². The van der Waals surface area contributed by atoms with E-state index in [4.69, 9.17) is 0 Å². The van der Waals surface area contributed by atoms with Crippen LogP contribution in [-0.2, 0) is 0 Å². The van der Waals surface area contributed by atoms with Gasteiger partial charge in [-0.2, -0.15) is 0 Å². The summed E-state index contributed by atoms with van der Waals surface area (Å²) in [5.74, 6) is 0.752. The number of amides is 2. The van der Waals surface area contributed by atoms with Crippen LogP contribution in [0.4, 0.5) is 4.79 Å². The van der Waals surface area contributed by atoms with Crippen LogP contribution in [0.1, 0.15) is 64.5 Å². The molecule has 3 aliphatic rings. The third-order valence-electron chi connectivity index (χ3n) is 7.70. The minimum Gasteiger partial charge on any atom is -0.335 e. The fraction of sp³-hybridized carbons (Fsp3) is 0.700. The second-order valence-corrected chi connectivity index (χ2v) is 8.74. The molecule has 0 aromatic carbocycles. The molecule has 2 amide bonds. The maximum absolute atomic E-state index is 13.0. The Morgan fingerprint density at radius 2 is 2.00 bits per heavy atom. The maximum Gasteiger partial charge on any atom is 0.318 e. The summed E-state index contributed by atoms with van der Waals surface area (Å²) in [5, 5.41) is 3.42. The van der Waals surface area contributed by atoms with E-state index in [-0.39, 0.29) is 17.5 Å². The molecule has 2 bridgehead atoms. The molecule has 3 fully saturated rings. The molecule has 1 saturated heterocycles. The fourth-order valence-corrected chi connectivity index (χ4v) is 5.60. The van der Waals surface area contributed by atoms with Crippen molar-refractivity contribution in [3.8, 4) is 0 Å². The highest BCUT2D eigenvalue weighted by molar-refractivity contribution is 5.75. The van der Waals surface area contributed by atoms with Crippen LogP contribution in [-0.4, -0.2) is 28.5 Å². The maximum atomic E-state index is 13.0. The van der Waals surface area contributed by atoms with Gasteiger partial charge in [0.15, 0.2) is 0 Å². The number of aromatic nitrogens is 1. The van der Waals surface area contributed by atoms with Crippen LogP contribution in [0.25, 0.3) is 0 Å². The van der Waals surface area contributed by atoms with E-state index in [1.807, 2.05) is 29.4 Å². The van der Waals surface area contributed by atoms with Crippen LogP contribution < -0.4 is 5.32 Å². The Hall–Kier alpha value is -1.58. The number of urea groups is 1. The molecule has 4 heteroatoms. The van der Waals surface area contributed by atoms with Crippen LogP contribution in [0.5, 0.6) is 0 Å². The fourth-order valence-electron chi connectivity index (χ4n) is 5.60. The van der Waals surface area contributed by atoms with Crippen LogP contribution in [0.3, 0.4) is 0 Å². The number of fused-ring (bicyclic) bond motifs is 2. The summed E-state index contributed by atoms with van der Waals surface area (Å²) in [6.07, 6.45) is 9.47. The van der Waals surface area contributed by atoms with Crippen molar-refractivity contribution >= 4 is 6.03 Å². The van der Waals surface area contributed by atoms with E-state index >= 15 is 0 Å². The van der Waals surface area contributed by atoms with Crippen molar-refractivity contribution in [3.63, 3.8) is 0 Å². The third kappa shape index (κ3) is 2.18. The first-order valence-electron chi connectivity index (χ1n) is 9.40. The smallest absolute Gasteiger partial charge is 0.318 e. The lowest BCUT2D eigenvalue weighted by atomic mass is 9.69. The number of likely N-dealkylation sites (tertiary alicyclic amines) is 1. The molecular weight excluding hydrogens is 298 g/mol. The molecule has 0 radical (unpaired) electrons. The van der Waals surface area contributed by atoms with E-state index < -0.39 is 0 Å². The van der Waals surface area contributed by atoms with Gasteiger partial charge in [0.25, 0.3) is 0 Å². The van der Waals surface area contributed by atoms with Gasteiger partial charge in [0.1, 0.15) is 0 Å². The van der Waals surface area contributed by atoms with Gasteiger partial charge in [-0.1, -0.05) is 20.8 Å². The average Bonchev–Trinajstić information content (AvgIpc) is 3.19. The van der Waals surface area contributed by atoms with Gasteiger partial charge in [-0.15, -0.1) is 0 Å². The lowest BCUT2D eigenvalue weighted by Crippen LogP contribution is -2.51. The number of carbonyl (C=O) groups is 1. The van der Waals surface area contributed by atoms with Gasteiger partial charge in [-0.3, -0.25) is 4.98 Å². The molecule has 24 heavy (non-hydrogen) atoms. The zero-order valence-corrected chi connectivity index (χ0v) is 15.1. The summed E-state index contributed by atoms with van der Waals surface area (Å²) in [6, 6.07) is 4.73. The molecule has 1 aromatic rings. The quantitative estimate of drug-likeness (QED) is 0.887. The molecule has 4 nitrogen and oxygen atoms in total. The Balaban J connectivity index is 1.49. The lowest BCUT2D eigenvalue weighted by molar-refractivity contribution is 0.116. The van der Waals surface area contributed by atoms with Gasteiger partial charge in [0.05, 0.1) is 6.04 Å². The summed E-state index contributed by atoms with van der Waals surface area (Å²) in [4.78, 5) is 19.2. The molecular formula is C20H29N3O. The second kappa shape index (κ2) is 5.47. The summed E-state index contributed by atoms with van der Waals surface area (Å²) >= 11 is 0. The topological polar surface area (TPSA) is 45.2 Å². The number of pyridine rings is 1. The van der Waals surface area contributed by atoms with Crippen molar-refractivity contribution in [2.45, 2.75) is 65.0 Å². The first-order chi connectivity index (χ1) is 11.4. The largest absolute Gasteiger partial charge is 0.335 e. The molecule has 1 aliphatic heterocycles. The van der Waals surface area contributed by atoms with Crippen molar-refractivity contribution in [1.29, 1.82) is 0 Å². The Bertz CT molecular complexity index is 629. The lowest BCUT2D eigenvalue weighted by Gasteiger charge is -2.40. The van der Waals surface area contributed by atoms with Gasteiger partial charge in [0.2, 0.25) is 0 Å². The van der Waals surface area contributed by atoms with Crippen molar-refractivity contribution in [2.24, 2.45) is 16.7 Å². The van der Waals surface area contributed by atoms with E-state index in [0.717, 1.165) is 31.7 Å². The Labute approximate surface area is 145 Å². The van der Waals surface area contributed by atoms with Gasteiger partial charge in [-0.25, -0.2) is 4.79 Å². The molecule has 130 valence electrons. The molecule has 2 aliphatic carbocycles. The molecule has 0 spiro atoms. The van der Waals surface area contributed by atoms with Crippen LogP contribution in [0, 0.1) is 16.7 Å². The summed E-state index contributed by atoms with van der Waals surface area (Å²) in [6.45, 7) is 8.03. The number of hydrogen-bond donors (Lipinski definition) is 1. The molecule has 1 aromatic heterocycles. The van der Waals surface area contributed by atoms with Crippen molar-refractivity contribution < 1.29 is 4.79 Å². The third-order valence-corrected chi connectivity index (χ3v) is 7.70. The molecule has 4 rings (SSSR count). The average molecular weight is 327 g/mol. The number of nitrogens with zero attached hydrogens (tertiary/aromatic N) is 2. The second-order valence-electron chi connectivity index (χ2n) is 8.74. The van der Waals surface area contributed by atoms with Crippen LogP contribution in [0.2, 0.25) is 0 Å². The van der Waals surface area contributed by atoms with Gasteiger partial charge >= 0.3 is 6.03 Å². The molecule has 2 heterocycles. The molecule has 4 atom stereocenters. The summed E-state index contributed by atoms with van der Waals surface area (Å²) in [5.41, 5.74) is 1.77. The predicted octanol–water partition coefficient (Wildman–Crippen LogP) is 4.14. The predicted molar refractivity (Wildman–Crippen MR) is 94.5 cm³/mol. The standard InChI is InChI=1S/C20H29N3O/c1-19(2)15-6-9-20(19,3)17(13-15)22-18(24)23-12-4-5-16(23)14-7-10-21-11-8-14/h7-8,10-11,15-17H,4-6,9,12-13H2,1-3H3,(H,22,24)/t15-,16+,17-,20-/m0/s1. The van der Waals surface area contributed by atoms with E-state index in [0.29, 0.717) is 11.5 Å². The van der Waals surface area contributed by atoms with Crippen molar-refractivity contribution in [1.82, 2.24) is 15.2 Å². The Morgan fingerprint density at radius 1 is 1.25 bits per heavy atom. The highest BCUT2D eigenvalue weighted by atomic mass is 16.2. The van der Waals surface area contributed by atoms with Gasteiger partial charge in [-0.05, 0) is 66.5 Å². The highest BCUT2D eigenvalue weighted by Crippen LogP contribution is 2.65. The number of hydrogen-bond acceptors (Lipinski definition) is 2. The number of carbonyl (C=O) groups excluding carboxylic acids is 1. The number of rotatable bonds is 2. The monoisotopic (exact) mass is 327 g/mol. The van der Waals surface area contributed by atoms with E-state index in [9.17, 15) is 4.79 Å². The van der Waals surface area contributed by atoms with Gasteiger partial charge < -0.3 is 10.2 Å². The van der Waals surface area contributed by atoms with Crippen molar-refractivity contribution in [2.75, 3.05) is 6.54 Å². The van der Waals surface area contributed by atoms with E-state index in [2.05, 4.69) is 31.1 Å². The minimum atomic E-state index is 0.129. The normalized spacial score (nSPS) is 37.0. The first kappa shape index (κ1) is 15.9. The Kier molecular flexibility index (Phi) is 3.63. The molecule has 2 saturated carbocycles. The van der Waals surface area contributed by atoms with Gasteiger partial charge in [0, 0.05) is 25.0 Å². The summed E-state index contributed by atoms with van der Waals surface area (Å²) in [7, 11) is 0. The summed E-state index contributed by atoms with van der Waals surface area (Å²) < 4.78 is 0. The highest BCUT2D eigenvalue weighted by Gasteiger charge is 2.61. The van der Waals surface area contributed by atoms with Crippen LogP contribution in [0.15, 0.2) is 24.5 Å². The van der Waals surface area contributed by atoms with E-state index in [1.54, 1.807) is 0 Å². The first-order valence-corrected chi connectivity index (χ1v) is 9.40. The molecule has 1 N–H and O–H groups in total. The minimum absolute atomic E-state index is 0.129.